The molecule has 0 bridgehead atoms. The maximum atomic E-state index is 5.93. The molecule has 1 fully saturated rings. The van der Waals surface area contributed by atoms with Gasteiger partial charge < -0.3 is 10.1 Å². The molecule has 0 aliphatic carbocycles. The molecule has 0 radical (unpaired) electrons. The molecular weight excluding hydrogens is 222 g/mol. The van der Waals surface area contributed by atoms with Crippen molar-refractivity contribution in [2.75, 3.05) is 19.7 Å². The van der Waals surface area contributed by atoms with Gasteiger partial charge in [-0.3, -0.25) is 0 Å². The summed E-state index contributed by atoms with van der Waals surface area (Å²) < 4.78 is 5.93. The van der Waals surface area contributed by atoms with Crippen LogP contribution in [0.2, 0.25) is 0 Å². The van der Waals surface area contributed by atoms with E-state index < -0.39 is 0 Å². The van der Waals surface area contributed by atoms with Crippen molar-refractivity contribution in [2.24, 2.45) is 0 Å². The molecule has 0 spiro atoms. The van der Waals surface area contributed by atoms with Gasteiger partial charge in [0.25, 0.3) is 0 Å². The van der Waals surface area contributed by atoms with Crippen LogP contribution in [0.4, 0.5) is 0 Å². The SMILES string of the molecule is CC(C)c1ccc(C(C)C)c(C2CNCCO2)c1. The van der Waals surface area contributed by atoms with Gasteiger partial charge in [-0.15, -0.1) is 0 Å². The summed E-state index contributed by atoms with van der Waals surface area (Å²) in [7, 11) is 0. The van der Waals surface area contributed by atoms with E-state index in [0.29, 0.717) is 11.8 Å². The van der Waals surface area contributed by atoms with Crippen LogP contribution in [0.5, 0.6) is 0 Å². The van der Waals surface area contributed by atoms with Crippen molar-refractivity contribution in [3.05, 3.63) is 34.9 Å². The molecule has 1 heterocycles. The topological polar surface area (TPSA) is 21.3 Å². The first kappa shape index (κ1) is 13.6. The fraction of sp³-hybridized carbons (Fsp3) is 0.625. The third-order valence-corrected chi connectivity index (χ3v) is 3.67. The highest BCUT2D eigenvalue weighted by Gasteiger charge is 2.20. The highest BCUT2D eigenvalue weighted by Crippen LogP contribution is 2.30. The molecule has 0 amide bonds. The molecule has 1 atom stereocenters. The Labute approximate surface area is 111 Å². The number of hydrogen-bond acceptors (Lipinski definition) is 2. The van der Waals surface area contributed by atoms with Crippen LogP contribution in [0, 0.1) is 0 Å². The van der Waals surface area contributed by atoms with E-state index in [1.54, 1.807) is 0 Å². The average molecular weight is 247 g/mol. The molecule has 1 N–H and O–H groups in total. The van der Waals surface area contributed by atoms with Crippen molar-refractivity contribution in [2.45, 2.75) is 45.6 Å². The largest absolute Gasteiger partial charge is 0.371 e. The highest BCUT2D eigenvalue weighted by atomic mass is 16.5. The zero-order valence-electron chi connectivity index (χ0n) is 12.0. The van der Waals surface area contributed by atoms with Gasteiger partial charge in [0.1, 0.15) is 0 Å². The van der Waals surface area contributed by atoms with Crippen LogP contribution in [0.3, 0.4) is 0 Å². The van der Waals surface area contributed by atoms with Crippen molar-refractivity contribution < 1.29 is 4.74 Å². The van der Waals surface area contributed by atoms with Gasteiger partial charge in [-0.1, -0.05) is 45.9 Å². The Balaban J connectivity index is 2.36. The Bertz CT molecular complexity index is 392. The number of ether oxygens (including phenoxy) is 1. The molecule has 2 nitrogen and oxygen atoms in total. The van der Waals surface area contributed by atoms with E-state index in [1.165, 1.54) is 16.7 Å². The molecule has 18 heavy (non-hydrogen) atoms. The molecule has 1 unspecified atom stereocenters. The molecule has 0 aromatic heterocycles. The molecule has 2 heteroatoms. The highest BCUT2D eigenvalue weighted by molar-refractivity contribution is 5.37. The van der Waals surface area contributed by atoms with Crippen molar-refractivity contribution in [3.63, 3.8) is 0 Å². The average Bonchev–Trinajstić information content (AvgIpc) is 2.39. The lowest BCUT2D eigenvalue weighted by Crippen LogP contribution is -2.34. The lowest BCUT2D eigenvalue weighted by Gasteiger charge is -2.27. The number of benzene rings is 1. The predicted molar refractivity (Wildman–Crippen MR) is 76.2 cm³/mol. The van der Waals surface area contributed by atoms with Crippen LogP contribution in [0.25, 0.3) is 0 Å². The second-order valence-corrected chi connectivity index (χ2v) is 5.76. The van der Waals surface area contributed by atoms with Gasteiger partial charge in [0.15, 0.2) is 0 Å². The Morgan fingerprint density at radius 1 is 1.17 bits per heavy atom. The van der Waals surface area contributed by atoms with Gasteiger partial charge in [0.05, 0.1) is 12.7 Å². The fourth-order valence-corrected chi connectivity index (χ4v) is 2.52. The maximum Gasteiger partial charge on any atom is 0.0952 e. The lowest BCUT2D eigenvalue weighted by molar-refractivity contribution is 0.0270. The first-order chi connectivity index (χ1) is 8.59. The summed E-state index contributed by atoms with van der Waals surface area (Å²) in [5.41, 5.74) is 4.21. The normalized spacial score (nSPS) is 20.7. The Hall–Kier alpha value is -0.860. The summed E-state index contributed by atoms with van der Waals surface area (Å²) in [6.07, 6.45) is 0.217. The Kier molecular flexibility index (Phi) is 4.41. The summed E-state index contributed by atoms with van der Waals surface area (Å²) >= 11 is 0. The molecule has 1 aliphatic heterocycles. The fourth-order valence-electron chi connectivity index (χ4n) is 2.52. The summed E-state index contributed by atoms with van der Waals surface area (Å²) in [6.45, 7) is 11.7. The van der Waals surface area contributed by atoms with E-state index in [-0.39, 0.29) is 6.10 Å². The van der Waals surface area contributed by atoms with Crippen LogP contribution < -0.4 is 5.32 Å². The van der Waals surface area contributed by atoms with Gasteiger partial charge in [-0.05, 0) is 28.5 Å². The van der Waals surface area contributed by atoms with Crippen LogP contribution in [0.1, 0.15) is 62.3 Å². The third kappa shape index (κ3) is 2.93. The molecular formula is C16H25NO. The summed E-state index contributed by atoms with van der Waals surface area (Å²) in [5.74, 6) is 1.12. The van der Waals surface area contributed by atoms with Gasteiger partial charge in [0, 0.05) is 13.1 Å². The van der Waals surface area contributed by atoms with E-state index in [1.807, 2.05) is 0 Å². The van der Waals surface area contributed by atoms with E-state index in [4.69, 9.17) is 4.74 Å². The van der Waals surface area contributed by atoms with E-state index in [2.05, 4.69) is 51.2 Å². The van der Waals surface area contributed by atoms with Crippen molar-refractivity contribution >= 4 is 0 Å². The van der Waals surface area contributed by atoms with Gasteiger partial charge >= 0.3 is 0 Å². The monoisotopic (exact) mass is 247 g/mol. The molecule has 1 aromatic carbocycles. The van der Waals surface area contributed by atoms with Gasteiger partial charge in [0.2, 0.25) is 0 Å². The zero-order chi connectivity index (χ0) is 13.1. The minimum Gasteiger partial charge on any atom is -0.371 e. The van der Waals surface area contributed by atoms with Gasteiger partial charge in [-0.2, -0.15) is 0 Å². The van der Waals surface area contributed by atoms with Crippen LogP contribution >= 0.6 is 0 Å². The molecule has 1 aromatic rings. The lowest BCUT2D eigenvalue weighted by atomic mass is 9.89. The molecule has 1 aliphatic rings. The second kappa shape index (κ2) is 5.85. The standard InChI is InChI=1S/C16H25NO/c1-11(2)13-5-6-14(12(3)4)15(9-13)16-10-17-7-8-18-16/h5-6,9,11-12,16-17H,7-8,10H2,1-4H3. The van der Waals surface area contributed by atoms with Crippen LogP contribution in [-0.4, -0.2) is 19.7 Å². The Morgan fingerprint density at radius 2 is 1.94 bits per heavy atom. The minimum atomic E-state index is 0.217. The van der Waals surface area contributed by atoms with E-state index >= 15 is 0 Å². The molecule has 100 valence electrons. The summed E-state index contributed by atoms with van der Waals surface area (Å²) in [6, 6.07) is 6.89. The van der Waals surface area contributed by atoms with Crippen LogP contribution in [0.15, 0.2) is 18.2 Å². The summed E-state index contributed by atoms with van der Waals surface area (Å²) in [5, 5.41) is 3.42. The first-order valence-corrected chi connectivity index (χ1v) is 7.05. The molecule has 0 saturated carbocycles. The van der Waals surface area contributed by atoms with E-state index in [0.717, 1.165) is 19.7 Å². The van der Waals surface area contributed by atoms with E-state index in [9.17, 15) is 0 Å². The maximum absolute atomic E-state index is 5.93. The smallest absolute Gasteiger partial charge is 0.0952 e. The molecule has 2 rings (SSSR count). The minimum absolute atomic E-state index is 0.217. The first-order valence-electron chi connectivity index (χ1n) is 7.05. The number of morpholine rings is 1. The number of hydrogen-bond donors (Lipinski definition) is 1. The molecule has 1 saturated heterocycles. The van der Waals surface area contributed by atoms with Crippen molar-refractivity contribution in [1.82, 2.24) is 5.32 Å². The third-order valence-electron chi connectivity index (χ3n) is 3.67. The quantitative estimate of drug-likeness (QED) is 0.881. The zero-order valence-corrected chi connectivity index (χ0v) is 12.0. The number of rotatable bonds is 3. The Morgan fingerprint density at radius 3 is 2.50 bits per heavy atom. The van der Waals surface area contributed by atoms with Crippen LogP contribution in [-0.2, 0) is 4.74 Å². The van der Waals surface area contributed by atoms with Gasteiger partial charge in [-0.25, -0.2) is 0 Å². The second-order valence-electron chi connectivity index (χ2n) is 5.76. The van der Waals surface area contributed by atoms with Crippen molar-refractivity contribution in [1.29, 1.82) is 0 Å². The summed E-state index contributed by atoms with van der Waals surface area (Å²) in [4.78, 5) is 0. The predicted octanol–water partition coefficient (Wildman–Crippen LogP) is 3.59. The number of nitrogens with one attached hydrogen (secondary N) is 1. The van der Waals surface area contributed by atoms with Crippen molar-refractivity contribution in [3.8, 4) is 0 Å².